The monoisotopic (exact) mass is 512 g/mol. The molecule has 0 atom stereocenters. The molecule has 3 aromatic rings. The maximum atomic E-state index is 13.4. The summed E-state index contributed by atoms with van der Waals surface area (Å²) in [7, 11) is -4.50. The summed E-state index contributed by atoms with van der Waals surface area (Å²) in [5.41, 5.74) is -1.04. The maximum absolute atomic E-state index is 13.4. The second-order valence-electron chi connectivity index (χ2n) is 7.00. The Morgan fingerprint density at radius 2 is 1.71 bits per heavy atom. The number of amides is 1. The quantitative estimate of drug-likeness (QED) is 0.427. The third-order valence-corrected chi connectivity index (χ3v) is 6.88. The molecule has 0 aromatic heterocycles. The number of ether oxygens (including phenoxy) is 1. The molecule has 6 nitrogen and oxygen atoms in total. The average molecular weight is 513 g/mol. The van der Waals surface area contributed by atoms with E-state index in [0.29, 0.717) is 28.4 Å². The minimum atomic E-state index is -4.71. The van der Waals surface area contributed by atoms with Crippen molar-refractivity contribution >= 4 is 38.9 Å². The first-order valence-electron chi connectivity index (χ1n) is 9.99. The van der Waals surface area contributed by atoms with Gasteiger partial charge in [-0.15, -0.1) is 0 Å². The van der Waals surface area contributed by atoms with Gasteiger partial charge in [0.1, 0.15) is 17.2 Å². The highest BCUT2D eigenvalue weighted by Gasteiger charge is 2.34. The number of rotatable bonds is 8. The van der Waals surface area contributed by atoms with Crippen LogP contribution >= 0.6 is 11.6 Å². The summed E-state index contributed by atoms with van der Waals surface area (Å²) in [4.78, 5) is 12.4. The zero-order valence-electron chi connectivity index (χ0n) is 17.8. The Morgan fingerprint density at radius 3 is 2.32 bits per heavy atom. The summed E-state index contributed by atoms with van der Waals surface area (Å²) < 4.78 is 72.5. The van der Waals surface area contributed by atoms with E-state index in [1.54, 1.807) is 24.3 Å². The maximum Gasteiger partial charge on any atom is 0.416 e. The van der Waals surface area contributed by atoms with Crippen molar-refractivity contribution in [3.8, 4) is 5.75 Å². The largest absolute Gasteiger partial charge is 0.494 e. The lowest BCUT2D eigenvalue weighted by molar-refractivity contribution is -0.137. The number of hydrogen-bond acceptors (Lipinski definition) is 4. The predicted octanol–water partition coefficient (Wildman–Crippen LogP) is 5.59. The zero-order valence-corrected chi connectivity index (χ0v) is 19.4. The highest BCUT2D eigenvalue weighted by Crippen LogP contribution is 2.34. The van der Waals surface area contributed by atoms with Gasteiger partial charge in [0.15, 0.2) is 0 Å². The van der Waals surface area contributed by atoms with Crippen LogP contribution in [0.4, 0.5) is 24.5 Å². The molecule has 0 saturated heterocycles. The van der Waals surface area contributed by atoms with Crippen LogP contribution in [-0.4, -0.2) is 27.5 Å². The van der Waals surface area contributed by atoms with Crippen molar-refractivity contribution in [3.63, 3.8) is 0 Å². The summed E-state index contributed by atoms with van der Waals surface area (Å²) in [5.74, 6) is -0.190. The van der Waals surface area contributed by atoms with E-state index in [9.17, 15) is 26.4 Å². The lowest BCUT2D eigenvalue weighted by atomic mass is 10.2. The van der Waals surface area contributed by atoms with E-state index >= 15 is 0 Å². The topological polar surface area (TPSA) is 75.7 Å². The molecule has 1 N–H and O–H groups in total. The third kappa shape index (κ3) is 6.00. The molecule has 0 spiro atoms. The third-order valence-electron chi connectivity index (χ3n) is 4.60. The molecule has 0 aliphatic rings. The Morgan fingerprint density at radius 1 is 1.03 bits per heavy atom. The lowest BCUT2D eigenvalue weighted by Gasteiger charge is -2.25. The number of carbonyl (C=O) groups excluding carboxylic acids is 1. The van der Waals surface area contributed by atoms with Crippen LogP contribution in [0.2, 0.25) is 5.02 Å². The van der Waals surface area contributed by atoms with E-state index in [-0.39, 0.29) is 15.6 Å². The number of nitrogens with one attached hydrogen (secondary N) is 1. The molecular weight excluding hydrogens is 493 g/mol. The van der Waals surface area contributed by atoms with E-state index in [1.807, 2.05) is 6.92 Å². The first kappa shape index (κ1) is 25.4. The molecule has 0 radical (unpaired) electrons. The van der Waals surface area contributed by atoms with Crippen molar-refractivity contribution in [2.45, 2.75) is 18.0 Å². The summed E-state index contributed by atoms with van der Waals surface area (Å²) in [6.07, 6.45) is -4.71. The fourth-order valence-corrected chi connectivity index (χ4v) is 4.97. The van der Waals surface area contributed by atoms with Gasteiger partial charge in [-0.05, 0) is 61.5 Å². The Kier molecular flexibility index (Phi) is 7.73. The van der Waals surface area contributed by atoms with Crippen LogP contribution in [-0.2, 0) is 21.0 Å². The van der Waals surface area contributed by atoms with Gasteiger partial charge in [-0.3, -0.25) is 9.10 Å². The van der Waals surface area contributed by atoms with Gasteiger partial charge in [-0.25, -0.2) is 8.42 Å². The van der Waals surface area contributed by atoms with Crippen LogP contribution in [0.15, 0.2) is 77.7 Å². The van der Waals surface area contributed by atoms with Gasteiger partial charge in [0.05, 0.1) is 22.9 Å². The summed E-state index contributed by atoms with van der Waals surface area (Å²) in [6, 6.07) is 15.5. The Labute approximate surface area is 200 Å². The van der Waals surface area contributed by atoms with E-state index in [0.717, 1.165) is 12.1 Å². The van der Waals surface area contributed by atoms with Crippen LogP contribution in [0.3, 0.4) is 0 Å². The van der Waals surface area contributed by atoms with Gasteiger partial charge >= 0.3 is 6.18 Å². The summed E-state index contributed by atoms with van der Waals surface area (Å²) >= 11 is 6.05. The summed E-state index contributed by atoms with van der Waals surface area (Å²) in [5, 5.41) is 2.41. The van der Waals surface area contributed by atoms with Gasteiger partial charge in [0, 0.05) is 5.69 Å². The molecule has 0 unspecified atom stereocenters. The molecule has 0 heterocycles. The number of nitrogens with zero attached hydrogens (tertiary/aromatic N) is 1. The number of carbonyl (C=O) groups is 1. The minimum absolute atomic E-state index is 0.133. The molecule has 0 aliphatic heterocycles. The highest BCUT2D eigenvalue weighted by molar-refractivity contribution is 7.93. The molecule has 11 heteroatoms. The van der Waals surface area contributed by atoms with Crippen molar-refractivity contribution < 1.29 is 31.1 Å². The van der Waals surface area contributed by atoms with Gasteiger partial charge in [0.2, 0.25) is 5.91 Å². The van der Waals surface area contributed by atoms with Crippen LogP contribution in [0, 0.1) is 0 Å². The van der Waals surface area contributed by atoms with Gasteiger partial charge in [-0.1, -0.05) is 29.8 Å². The van der Waals surface area contributed by atoms with Crippen LogP contribution < -0.4 is 14.4 Å². The Bertz CT molecular complexity index is 1270. The van der Waals surface area contributed by atoms with Crippen molar-refractivity contribution in [2.75, 3.05) is 22.8 Å². The second-order valence-corrected chi connectivity index (χ2v) is 9.23. The summed E-state index contributed by atoms with van der Waals surface area (Å²) in [6.45, 7) is 1.48. The van der Waals surface area contributed by atoms with Crippen molar-refractivity contribution in [2.24, 2.45) is 0 Å². The highest BCUT2D eigenvalue weighted by atomic mass is 35.5. The minimum Gasteiger partial charge on any atom is -0.494 e. The average Bonchev–Trinajstić information content (AvgIpc) is 2.78. The van der Waals surface area contributed by atoms with E-state index in [4.69, 9.17) is 16.3 Å². The molecule has 1 amide bonds. The standard InChI is InChI=1S/C23H20ClF3N2O4S/c1-2-33-19-12-10-17(11-13-19)28-22(30)15-29(18-7-5-6-16(14-18)23(25,26)27)34(31,32)21-9-4-3-8-20(21)24/h3-14H,2,15H2,1H3,(H,28,30). The molecule has 0 fully saturated rings. The molecule has 0 aliphatic carbocycles. The van der Waals surface area contributed by atoms with E-state index in [1.165, 1.54) is 30.3 Å². The number of anilines is 2. The second kappa shape index (κ2) is 10.4. The molecule has 3 aromatic carbocycles. The van der Waals surface area contributed by atoms with Crippen molar-refractivity contribution in [1.29, 1.82) is 0 Å². The number of alkyl halides is 3. The van der Waals surface area contributed by atoms with Crippen LogP contribution in [0.5, 0.6) is 5.75 Å². The number of benzene rings is 3. The van der Waals surface area contributed by atoms with Gasteiger partial charge < -0.3 is 10.1 Å². The first-order valence-corrected chi connectivity index (χ1v) is 11.8. The number of hydrogen-bond donors (Lipinski definition) is 1. The molecule has 180 valence electrons. The van der Waals surface area contributed by atoms with E-state index < -0.39 is 34.2 Å². The smallest absolute Gasteiger partial charge is 0.416 e. The fraction of sp³-hybridized carbons (Fsp3) is 0.174. The van der Waals surface area contributed by atoms with Gasteiger partial charge in [0.25, 0.3) is 10.0 Å². The normalized spacial score (nSPS) is 11.7. The zero-order chi connectivity index (χ0) is 24.9. The predicted molar refractivity (Wildman–Crippen MR) is 124 cm³/mol. The molecule has 34 heavy (non-hydrogen) atoms. The molecule has 0 bridgehead atoms. The molecular formula is C23H20ClF3N2O4S. The fourth-order valence-electron chi connectivity index (χ4n) is 3.06. The van der Waals surface area contributed by atoms with Crippen molar-refractivity contribution in [1.82, 2.24) is 0 Å². The van der Waals surface area contributed by atoms with Crippen LogP contribution in [0.1, 0.15) is 12.5 Å². The number of halogens is 4. The van der Waals surface area contributed by atoms with E-state index in [2.05, 4.69) is 5.32 Å². The van der Waals surface area contributed by atoms with Gasteiger partial charge in [-0.2, -0.15) is 13.2 Å². The lowest BCUT2D eigenvalue weighted by Crippen LogP contribution is -2.38. The molecule has 0 saturated carbocycles. The Balaban J connectivity index is 1.97. The Hall–Kier alpha value is -3.24. The SMILES string of the molecule is CCOc1ccc(NC(=O)CN(c2cccc(C(F)(F)F)c2)S(=O)(=O)c2ccccc2Cl)cc1. The first-order chi connectivity index (χ1) is 16.0. The van der Waals surface area contributed by atoms with Crippen LogP contribution in [0.25, 0.3) is 0 Å². The number of sulfonamides is 1. The molecule has 3 rings (SSSR count). The van der Waals surface area contributed by atoms with Crippen molar-refractivity contribution in [3.05, 3.63) is 83.4 Å².